The molecule has 1 aliphatic carbocycles. The first-order valence-electron chi connectivity index (χ1n) is 8.77. The van der Waals surface area contributed by atoms with Gasteiger partial charge in [-0.1, -0.05) is 18.2 Å². The number of aliphatic carboxylic acids is 1. The second-order valence-corrected chi connectivity index (χ2v) is 6.67. The predicted molar refractivity (Wildman–Crippen MR) is 107 cm³/mol. The molecule has 1 aliphatic rings. The van der Waals surface area contributed by atoms with Crippen molar-refractivity contribution in [1.82, 2.24) is 9.55 Å². The third-order valence-corrected chi connectivity index (χ3v) is 4.93. The summed E-state index contributed by atoms with van der Waals surface area (Å²) >= 11 is 0. The topological polar surface area (TPSA) is 81.1 Å². The Morgan fingerprint density at radius 1 is 1.21 bits per heavy atom. The van der Waals surface area contributed by atoms with E-state index in [-0.39, 0.29) is 12.2 Å². The van der Waals surface area contributed by atoms with Gasteiger partial charge in [0.2, 0.25) is 5.95 Å². The van der Waals surface area contributed by atoms with Crippen molar-refractivity contribution in [3.8, 4) is 5.69 Å². The fourth-order valence-corrected chi connectivity index (χ4v) is 3.56. The number of carboxylic acid groups (broad SMARTS) is 1. The van der Waals surface area contributed by atoms with E-state index in [4.69, 9.17) is 5.73 Å². The normalized spacial score (nSPS) is 14.6. The van der Waals surface area contributed by atoms with Gasteiger partial charge in [-0.15, -0.1) is 0 Å². The molecule has 140 valence electrons. The molecule has 0 fully saturated rings. The first-order chi connectivity index (χ1) is 13.4. The van der Waals surface area contributed by atoms with E-state index in [1.807, 2.05) is 37.3 Å². The number of nitrogen functional groups attached to an aromatic ring is 1. The van der Waals surface area contributed by atoms with Crippen molar-refractivity contribution in [2.24, 2.45) is 0 Å². The van der Waals surface area contributed by atoms with Crippen LogP contribution in [-0.2, 0) is 4.79 Å². The van der Waals surface area contributed by atoms with E-state index in [0.29, 0.717) is 17.1 Å². The fourth-order valence-electron chi connectivity index (χ4n) is 3.56. The molecular formula is C22H18FN3O2. The lowest BCUT2D eigenvalue weighted by atomic mass is 10.0. The van der Waals surface area contributed by atoms with Gasteiger partial charge in [0.1, 0.15) is 5.82 Å². The average molecular weight is 375 g/mol. The summed E-state index contributed by atoms with van der Waals surface area (Å²) in [6.07, 6.45) is 5.27. The molecule has 0 atom stereocenters. The zero-order chi connectivity index (χ0) is 19.8. The molecule has 1 heterocycles. The fraction of sp³-hybridized carbons (Fsp3) is 0.0909. The van der Waals surface area contributed by atoms with E-state index in [2.05, 4.69) is 4.98 Å². The number of nitrogens with zero attached hydrogens (tertiary/aromatic N) is 2. The lowest BCUT2D eigenvalue weighted by Crippen LogP contribution is -1.99. The van der Waals surface area contributed by atoms with Gasteiger partial charge in [0.25, 0.3) is 0 Å². The number of hydrogen-bond donors (Lipinski definition) is 2. The largest absolute Gasteiger partial charge is 0.481 e. The highest BCUT2D eigenvalue weighted by molar-refractivity contribution is 6.07. The minimum atomic E-state index is -0.937. The number of benzene rings is 2. The molecule has 5 nitrogen and oxygen atoms in total. The summed E-state index contributed by atoms with van der Waals surface area (Å²) in [6.45, 7) is 1.88. The number of imidazole rings is 1. The highest BCUT2D eigenvalue weighted by Crippen LogP contribution is 2.43. The molecule has 0 aliphatic heterocycles. The van der Waals surface area contributed by atoms with Crippen LogP contribution in [0.25, 0.3) is 22.9 Å². The first-order valence-corrected chi connectivity index (χ1v) is 8.77. The maximum atomic E-state index is 13.8. The number of allylic oxidation sites excluding steroid dienone is 2. The van der Waals surface area contributed by atoms with Gasteiger partial charge >= 0.3 is 5.97 Å². The van der Waals surface area contributed by atoms with Gasteiger partial charge in [0.15, 0.2) is 0 Å². The summed E-state index contributed by atoms with van der Waals surface area (Å²) < 4.78 is 15.5. The molecule has 0 spiro atoms. The molecule has 1 aromatic heterocycles. The molecule has 3 N–H and O–H groups in total. The quantitative estimate of drug-likeness (QED) is 0.708. The molecule has 0 saturated carbocycles. The second-order valence-electron chi connectivity index (χ2n) is 6.67. The van der Waals surface area contributed by atoms with Crippen LogP contribution in [0.3, 0.4) is 0 Å². The summed E-state index contributed by atoms with van der Waals surface area (Å²) in [4.78, 5) is 15.3. The maximum Gasteiger partial charge on any atom is 0.307 e. The molecule has 0 amide bonds. The van der Waals surface area contributed by atoms with E-state index < -0.39 is 5.97 Å². The summed E-state index contributed by atoms with van der Waals surface area (Å²) in [7, 11) is 0. The van der Waals surface area contributed by atoms with Crippen LogP contribution in [0, 0.1) is 5.82 Å². The van der Waals surface area contributed by atoms with Crippen LogP contribution in [0.15, 0.2) is 60.4 Å². The Morgan fingerprint density at radius 2 is 1.96 bits per heavy atom. The van der Waals surface area contributed by atoms with Gasteiger partial charge in [-0.25, -0.2) is 9.37 Å². The molecule has 0 bridgehead atoms. The van der Waals surface area contributed by atoms with Gasteiger partial charge in [-0.3, -0.25) is 9.36 Å². The Bertz CT molecular complexity index is 1140. The zero-order valence-electron chi connectivity index (χ0n) is 15.2. The third-order valence-electron chi connectivity index (χ3n) is 4.93. The number of halogens is 1. The van der Waals surface area contributed by atoms with Crippen molar-refractivity contribution in [3.05, 3.63) is 82.9 Å². The van der Waals surface area contributed by atoms with E-state index >= 15 is 0 Å². The summed E-state index contributed by atoms with van der Waals surface area (Å²) in [5.74, 6) is -0.902. The lowest BCUT2D eigenvalue weighted by Gasteiger charge is -2.07. The molecule has 0 unspecified atom stereocenters. The van der Waals surface area contributed by atoms with Gasteiger partial charge in [0, 0.05) is 18.1 Å². The molecule has 6 heteroatoms. The summed E-state index contributed by atoms with van der Waals surface area (Å²) in [5.41, 5.74) is 11.6. The van der Waals surface area contributed by atoms with Crippen molar-refractivity contribution in [2.75, 3.05) is 5.73 Å². The van der Waals surface area contributed by atoms with E-state index in [9.17, 15) is 14.3 Å². The molecule has 0 saturated heterocycles. The number of hydrogen-bond acceptors (Lipinski definition) is 3. The molecule has 3 aromatic rings. The van der Waals surface area contributed by atoms with Gasteiger partial charge in [-0.2, -0.15) is 0 Å². The van der Waals surface area contributed by atoms with Crippen molar-refractivity contribution in [3.63, 3.8) is 0 Å². The number of carboxylic acids is 1. The van der Waals surface area contributed by atoms with Gasteiger partial charge in [-0.05, 0) is 70.7 Å². The number of carbonyl (C=O) groups is 1. The second kappa shape index (κ2) is 6.81. The number of rotatable bonds is 4. The minimum absolute atomic E-state index is 0.140. The van der Waals surface area contributed by atoms with Crippen molar-refractivity contribution in [1.29, 1.82) is 0 Å². The van der Waals surface area contributed by atoms with Crippen LogP contribution in [0.4, 0.5) is 10.3 Å². The van der Waals surface area contributed by atoms with Crippen molar-refractivity contribution < 1.29 is 14.3 Å². The molecule has 0 radical (unpaired) electrons. The number of anilines is 1. The average Bonchev–Trinajstić information content (AvgIpc) is 3.19. The summed E-state index contributed by atoms with van der Waals surface area (Å²) in [5, 5.41) is 9.24. The predicted octanol–water partition coefficient (Wildman–Crippen LogP) is 4.40. The molecule has 2 aromatic carbocycles. The van der Waals surface area contributed by atoms with Crippen molar-refractivity contribution in [2.45, 2.75) is 13.3 Å². The summed E-state index contributed by atoms with van der Waals surface area (Å²) in [6, 6.07) is 12.3. The molecule has 4 rings (SSSR count). The van der Waals surface area contributed by atoms with E-state index in [1.54, 1.807) is 23.0 Å². The first kappa shape index (κ1) is 17.7. The molecule has 28 heavy (non-hydrogen) atoms. The zero-order valence-corrected chi connectivity index (χ0v) is 15.2. The lowest BCUT2D eigenvalue weighted by molar-refractivity contribution is -0.135. The number of aromatic nitrogens is 2. The van der Waals surface area contributed by atoms with Crippen LogP contribution in [0.1, 0.15) is 30.0 Å². The third kappa shape index (κ3) is 3.09. The Morgan fingerprint density at radius 3 is 2.61 bits per heavy atom. The monoisotopic (exact) mass is 375 g/mol. The standard InChI is InChI=1S/C22H18FN3O2/c1-13-18(17-7-4-15(23)11-20(17)19(13)12-21(27)28)10-14-2-5-16(6-3-14)26-9-8-25-22(26)24/h2-11H,12H2,1H3,(H2,24,25)(H,27,28)/b18-10-. The van der Waals surface area contributed by atoms with Crippen LogP contribution in [-0.4, -0.2) is 20.6 Å². The molecular weight excluding hydrogens is 357 g/mol. The SMILES string of the molecule is CC1=C(CC(=O)O)c2cc(F)ccc2/C1=C\c1ccc(-n2ccnc2N)cc1. The smallest absolute Gasteiger partial charge is 0.307 e. The van der Waals surface area contributed by atoms with Gasteiger partial charge in [0.05, 0.1) is 6.42 Å². The van der Waals surface area contributed by atoms with Crippen molar-refractivity contribution >= 4 is 29.1 Å². The number of fused-ring (bicyclic) bond motifs is 1. The highest BCUT2D eigenvalue weighted by atomic mass is 19.1. The van der Waals surface area contributed by atoms with E-state index in [1.165, 1.54) is 12.1 Å². The maximum absolute atomic E-state index is 13.8. The van der Waals surface area contributed by atoms with Crippen LogP contribution >= 0.6 is 0 Å². The van der Waals surface area contributed by atoms with Crippen LogP contribution in [0.5, 0.6) is 0 Å². The Balaban J connectivity index is 1.76. The Kier molecular flexibility index (Phi) is 4.31. The minimum Gasteiger partial charge on any atom is -0.481 e. The van der Waals surface area contributed by atoms with E-state index in [0.717, 1.165) is 28.0 Å². The number of nitrogens with two attached hydrogens (primary N) is 1. The Labute approximate surface area is 161 Å². The Hall–Kier alpha value is -3.67. The highest BCUT2D eigenvalue weighted by Gasteiger charge is 2.25. The van der Waals surface area contributed by atoms with Gasteiger partial charge < -0.3 is 10.8 Å². The van der Waals surface area contributed by atoms with Crippen LogP contribution in [0.2, 0.25) is 0 Å². The van der Waals surface area contributed by atoms with Crippen LogP contribution < -0.4 is 5.73 Å².